The number of benzene rings is 2. The molecule has 0 aliphatic carbocycles. The molecule has 0 heterocycles. The number of hydrogen-bond acceptors (Lipinski definition) is 5. The molecule has 0 amide bonds. The molecule has 0 aliphatic heterocycles. The number of aliphatic hydroxyl groups excluding tert-OH is 3. The van der Waals surface area contributed by atoms with Gasteiger partial charge in [-0.15, -0.1) is 0 Å². The van der Waals surface area contributed by atoms with Crippen LogP contribution in [-0.4, -0.2) is 41.7 Å². The lowest BCUT2D eigenvalue weighted by Gasteiger charge is -2.29. The van der Waals surface area contributed by atoms with Gasteiger partial charge in [0.15, 0.2) is 0 Å². The van der Waals surface area contributed by atoms with Gasteiger partial charge in [-0.3, -0.25) is 4.57 Å². The molecule has 0 aliphatic rings. The maximum absolute atomic E-state index is 13.5. The predicted octanol–water partition coefficient (Wildman–Crippen LogP) is 0.895. The Morgan fingerprint density at radius 3 is 1.52 bits per heavy atom. The van der Waals surface area contributed by atoms with Crippen molar-refractivity contribution in [3.05, 3.63) is 60.7 Å². The van der Waals surface area contributed by atoms with Crippen molar-refractivity contribution in [1.82, 2.24) is 0 Å². The molecular weight excluding hydrogens is 315 g/mol. The molecule has 6 heteroatoms. The average molecular weight is 336 g/mol. The molecule has 124 valence electrons. The zero-order chi connectivity index (χ0) is 16.8. The molecule has 2 rings (SSSR count). The molecule has 0 spiro atoms. The minimum Gasteiger partial charge on any atom is -0.396 e. The van der Waals surface area contributed by atoms with Gasteiger partial charge >= 0.3 is 0 Å². The fourth-order valence-electron chi connectivity index (χ4n) is 2.06. The minimum atomic E-state index is -3.39. The summed E-state index contributed by atoms with van der Waals surface area (Å²) < 4.78 is 19.3. The summed E-state index contributed by atoms with van der Waals surface area (Å²) in [6, 6.07) is 17.6. The fourth-order valence-corrected chi connectivity index (χ4v) is 4.24. The van der Waals surface area contributed by atoms with Gasteiger partial charge in [0.05, 0.1) is 31.8 Å². The van der Waals surface area contributed by atoms with Crippen molar-refractivity contribution in [1.29, 1.82) is 0 Å². The van der Waals surface area contributed by atoms with E-state index in [2.05, 4.69) is 0 Å². The molecule has 0 saturated heterocycles. The Hall–Kier alpha value is -1.49. The van der Waals surface area contributed by atoms with E-state index in [1.165, 1.54) is 0 Å². The van der Waals surface area contributed by atoms with Crippen LogP contribution >= 0.6 is 7.37 Å². The maximum atomic E-state index is 13.5. The second kappa shape index (κ2) is 7.86. The van der Waals surface area contributed by atoms with E-state index in [1.54, 1.807) is 48.5 Å². The smallest absolute Gasteiger partial charge is 0.261 e. The molecule has 0 unspecified atom stereocenters. The summed E-state index contributed by atoms with van der Waals surface area (Å²) in [5, 5.41) is 29.3. The highest BCUT2D eigenvalue weighted by Gasteiger charge is 2.35. The second-order valence-corrected chi connectivity index (χ2v) is 7.86. The van der Waals surface area contributed by atoms with Gasteiger partial charge < -0.3 is 19.8 Å². The van der Waals surface area contributed by atoms with E-state index in [0.29, 0.717) is 10.6 Å². The maximum Gasteiger partial charge on any atom is 0.261 e. The van der Waals surface area contributed by atoms with Crippen LogP contribution in [0.4, 0.5) is 0 Å². The monoisotopic (exact) mass is 336 g/mol. The summed E-state index contributed by atoms with van der Waals surface area (Å²) in [5.41, 5.74) is -1.24. The average Bonchev–Trinajstić information content (AvgIpc) is 2.64. The molecule has 5 nitrogen and oxygen atoms in total. The summed E-state index contributed by atoms with van der Waals surface area (Å²) in [5.74, 6) is 0. The van der Waals surface area contributed by atoms with Crippen molar-refractivity contribution in [2.75, 3.05) is 26.4 Å². The van der Waals surface area contributed by atoms with Crippen LogP contribution in [0.1, 0.15) is 0 Å². The summed E-state index contributed by atoms with van der Waals surface area (Å²) >= 11 is 0. The molecule has 2 aromatic rings. The molecule has 2 aromatic carbocycles. The quantitative estimate of drug-likeness (QED) is 0.624. The van der Waals surface area contributed by atoms with Gasteiger partial charge in [-0.1, -0.05) is 36.4 Å². The Labute approximate surface area is 135 Å². The third kappa shape index (κ3) is 3.89. The van der Waals surface area contributed by atoms with Gasteiger partial charge in [0.2, 0.25) is 0 Å². The highest BCUT2D eigenvalue weighted by Crippen LogP contribution is 2.45. The van der Waals surface area contributed by atoms with E-state index in [0.717, 1.165) is 0 Å². The van der Waals surface area contributed by atoms with Crippen LogP contribution in [0.3, 0.4) is 0 Å². The molecule has 0 atom stereocenters. The second-order valence-electron chi connectivity index (χ2n) is 5.47. The summed E-state index contributed by atoms with van der Waals surface area (Å²) in [6.07, 6.45) is 0. The largest absolute Gasteiger partial charge is 0.396 e. The van der Waals surface area contributed by atoms with E-state index in [4.69, 9.17) is 4.52 Å². The standard InChI is InChI=1S/C17H21O5P/c18-11-17(12-19,13-20)14-22-23(21,15-7-3-1-4-8-15)16-9-5-2-6-10-16/h1-10,18-20H,11-14H2. The third-order valence-electron chi connectivity index (χ3n) is 3.75. The lowest BCUT2D eigenvalue weighted by molar-refractivity contribution is -0.0243. The first-order valence-corrected chi connectivity index (χ1v) is 8.91. The predicted molar refractivity (Wildman–Crippen MR) is 89.4 cm³/mol. The van der Waals surface area contributed by atoms with Crippen molar-refractivity contribution in [3.8, 4) is 0 Å². The summed E-state index contributed by atoms with van der Waals surface area (Å²) in [6.45, 7) is -1.63. The summed E-state index contributed by atoms with van der Waals surface area (Å²) in [4.78, 5) is 0. The first-order chi connectivity index (χ1) is 11.1. The molecule has 23 heavy (non-hydrogen) atoms. The van der Waals surface area contributed by atoms with Gasteiger partial charge in [-0.05, 0) is 24.3 Å². The lowest BCUT2D eigenvalue weighted by atomic mass is 9.93. The van der Waals surface area contributed by atoms with Crippen molar-refractivity contribution in [2.45, 2.75) is 0 Å². The van der Waals surface area contributed by atoms with Crippen LogP contribution in [0.15, 0.2) is 60.7 Å². The van der Waals surface area contributed by atoms with E-state index in [1.807, 2.05) is 12.1 Å². The Bertz CT molecular complexity index is 589. The van der Waals surface area contributed by atoms with Gasteiger partial charge in [0.1, 0.15) is 0 Å². The van der Waals surface area contributed by atoms with E-state index >= 15 is 0 Å². The number of hydrogen-bond donors (Lipinski definition) is 3. The zero-order valence-electron chi connectivity index (χ0n) is 12.7. The van der Waals surface area contributed by atoms with E-state index < -0.39 is 32.6 Å². The normalized spacial score (nSPS) is 12.3. The molecule has 0 radical (unpaired) electrons. The Balaban J connectivity index is 2.38. The van der Waals surface area contributed by atoms with Crippen LogP contribution in [-0.2, 0) is 9.09 Å². The number of rotatable bonds is 8. The highest BCUT2D eigenvalue weighted by molar-refractivity contribution is 7.74. The fraction of sp³-hybridized carbons (Fsp3) is 0.294. The minimum absolute atomic E-state index is 0.225. The van der Waals surface area contributed by atoms with Crippen molar-refractivity contribution >= 4 is 18.0 Å². The molecular formula is C17H21O5P. The van der Waals surface area contributed by atoms with Crippen LogP contribution < -0.4 is 10.6 Å². The number of aliphatic hydroxyl groups is 3. The zero-order valence-corrected chi connectivity index (χ0v) is 13.6. The van der Waals surface area contributed by atoms with Gasteiger partial charge in [-0.2, -0.15) is 0 Å². The first-order valence-electron chi connectivity index (χ1n) is 7.29. The molecule has 3 N–H and O–H groups in total. The van der Waals surface area contributed by atoms with Gasteiger partial charge in [-0.25, -0.2) is 0 Å². The van der Waals surface area contributed by atoms with Gasteiger partial charge in [0, 0.05) is 10.6 Å². The van der Waals surface area contributed by atoms with E-state index in [9.17, 15) is 19.9 Å². The van der Waals surface area contributed by atoms with E-state index in [-0.39, 0.29) is 6.61 Å². The topological polar surface area (TPSA) is 87.0 Å². The van der Waals surface area contributed by atoms with Crippen molar-refractivity contribution in [2.24, 2.45) is 5.41 Å². The first kappa shape index (κ1) is 17.9. The molecule has 0 bridgehead atoms. The molecule has 0 saturated carbocycles. The van der Waals surface area contributed by atoms with Crippen molar-refractivity contribution in [3.63, 3.8) is 0 Å². The lowest BCUT2D eigenvalue weighted by Crippen LogP contribution is -2.39. The van der Waals surface area contributed by atoms with Crippen LogP contribution in [0.5, 0.6) is 0 Å². The highest BCUT2D eigenvalue weighted by atomic mass is 31.2. The summed E-state index contributed by atoms with van der Waals surface area (Å²) in [7, 11) is -3.39. The third-order valence-corrected chi connectivity index (χ3v) is 6.20. The van der Waals surface area contributed by atoms with Crippen LogP contribution in [0, 0.1) is 5.41 Å². The SMILES string of the molecule is O=P(OCC(CO)(CO)CO)(c1ccccc1)c1ccccc1. The van der Waals surface area contributed by atoms with Crippen LogP contribution in [0.25, 0.3) is 0 Å². The molecule has 0 aromatic heterocycles. The van der Waals surface area contributed by atoms with Crippen LogP contribution in [0.2, 0.25) is 0 Å². The Morgan fingerprint density at radius 2 is 1.17 bits per heavy atom. The Morgan fingerprint density at radius 1 is 0.783 bits per heavy atom. The Kier molecular flexibility index (Phi) is 6.10. The molecule has 0 fully saturated rings. The van der Waals surface area contributed by atoms with Crippen molar-refractivity contribution < 1.29 is 24.4 Å². The van der Waals surface area contributed by atoms with Gasteiger partial charge in [0.25, 0.3) is 7.37 Å².